The highest BCUT2D eigenvalue weighted by Crippen LogP contribution is 2.21. The first kappa shape index (κ1) is 24.2. The van der Waals surface area contributed by atoms with E-state index in [1.54, 1.807) is 30.3 Å². The van der Waals surface area contributed by atoms with Crippen LogP contribution >= 0.6 is 0 Å². The van der Waals surface area contributed by atoms with Crippen molar-refractivity contribution in [3.05, 3.63) is 91.1 Å². The summed E-state index contributed by atoms with van der Waals surface area (Å²) in [6.45, 7) is -0.275. The molecule has 178 valence electrons. The number of nitrogens with zero attached hydrogens (tertiary/aromatic N) is 3. The number of aromatic nitrogens is 2. The molecule has 0 aliphatic heterocycles. The van der Waals surface area contributed by atoms with Gasteiger partial charge in [-0.15, -0.1) is 0 Å². The number of nitrogen functional groups attached to an aromatic ring is 1. The minimum Gasteiger partial charge on any atom is -0.484 e. The molecule has 0 unspecified atom stereocenters. The summed E-state index contributed by atoms with van der Waals surface area (Å²) in [5.74, 6) is -0.577. The monoisotopic (exact) mass is 469 g/mol. The molecular formula is C22H23N5O7. The molecule has 3 N–H and O–H groups in total. The number of methoxy groups -OCH3 is 1. The van der Waals surface area contributed by atoms with Crippen LogP contribution in [0.4, 0.5) is 17.2 Å². The molecule has 1 amide bonds. The van der Waals surface area contributed by atoms with Gasteiger partial charge in [-0.3, -0.25) is 34.2 Å². The second kappa shape index (κ2) is 10.9. The number of H-pyrrole nitrogens is 1. The largest absolute Gasteiger partial charge is 0.484 e. The molecule has 3 aromatic rings. The lowest BCUT2D eigenvalue weighted by Crippen LogP contribution is -2.42. The van der Waals surface area contributed by atoms with E-state index in [1.165, 1.54) is 31.4 Å². The summed E-state index contributed by atoms with van der Waals surface area (Å²) in [5, 5.41) is 10.8. The van der Waals surface area contributed by atoms with Crippen LogP contribution in [-0.4, -0.2) is 40.7 Å². The van der Waals surface area contributed by atoms with Crippen LogP contribution in [0, 0.1) is 10.1 Å². The Labute approximate surface area is 193 Å². The van der Waals surface area contributed by atoms with Gasteiger partial charge in [-0.2, -0.15) is 0 Å². The van der Waals surface area contributed by atoms with Gasteiger partial charge in [0.05, 0.1) is 24.6 Å². The van der Waals surface area contributed by atoms with Gasteiger partial charge < -0.3 is 15.2 Å². The number of carbonyl (C=O) groups excluding carboxylic acids is 1. The first-order valence-corrected chi connectivity index (χ1v) is 10.1. The van der Waals surface area contributed by atoms with Gasteiger partial charge in [0.25, 0.3) is 17.2 Å². The highest BCUT2D eigenvalue weighted by Gasteiger charge is 2.25. The number of nitro benzene ring substituents is 1. The van der Waals surface area contributed by atoms with Gasteiger partial charge in [-0.05, 0) is 17.7 Å². The molecule has 3 rings (SSSR count). The van der Waals surface area contributed by atoms with Gasteiger partial charge in [-0.1, -0.05) is 30.3 Å². The molecule has 2 aromatic carbocycles. The molecule has 0 radical (unpaired) electrons. The van der Waals surface area contributed by atoms with Crippen LogP contribution in [0.15, 0.2) is 64.2 Å². The minimum absolute atomic E-state index is 0.0148. The van der Waals surface area contributed by atoms with Crippen molar-refractivity contribution in [3.63, 3.8) is 0 Å². The number of hydrogen-bond donors (Lipinski definition) is 2. The van der Waals surface area contributed by atoms with E-state index in [-0.39, 0.29) is 42.6 Å². The fourth-order valence-electron chi connectivity index (χ4n) is 3.19. The Balaban J connectivity index is 1.94. The Morgan fingerprint density at radius 1 is 1.15 bits per heavy atom. The molecule has 0 spiro atoms. The molecule has 0 saturated carbocycles. The smallest absolute Gasteiger partial charge is 0.330 e. The number of nitrogens with one attached hydrogen (secondary N) is 1. The maximum Gasteiger partial charge on any atom is 0.330 e. The summed E-state index contributed by atoms with van der Waals surface area (Å²) >= 11 is 0. The van der Waals surface area contributed by atoms with Crippen molar-refractivity contribution in [2.24, 2.45) is 0 Å². The van der Waals surface area contributed by atoms with Crippen LogP contribution in [0.2, 0.25) is 0 Å². The number of amides is 1. The quantitative estimate of drug-likeness (QED) is 0.331. The molecule has 0 atom stereocenters. The van der Waals surface area contributed by atoms with Crippen molar-refractivity contribution in [2.75, 3.05) is 31.0 Å². The molecule has 0 fully saturated rings. The molecule has 0 aliphatic carbocycles. The molecule has 0 aliphatic rings. The fourth-order valence-corrected chi connectivity index (χ4v) is 3.19. The number of hydrogen-bond acceptors (Lipinski definition) is 8. The topological polar surface area (TPSA) is 163 Å². The Morgan fingerprint density at radius 3 is 2.44 bits per heavy atom. The third-order valence-electron chi connectivity index (χ3n) is 4.90. The Kier molecular flexibility index (Phi) is 7.77. The first-order chi connectivity index (χ1) is 16.3. The second-order valence-corrected chi connectivity index (χ2v) is 7.14. The van der Waals surface area contributed by atoms with Gasteiger partial charge >= 0.3 is 5.69 Å². The van der Waals surface area contributed by atoms with E-state index < -0.39 is 28.7 Å². The van der Waals surface area contributed by atoms with Gasteiger partial charge in [0, 0.05) is 19.2 Å². The van der Waals surface area contributed by atoms with Crippen molar-refractivity contribution in [1.29, 1.82) is 0 Å². The summed E-state index contributed by atoms with van der Waals surface area (Å²) in [7, 11) is 1.45. The van der Waals surface area contributed by atoms with Crippen molar-refractivity contribution in [2.45, 2.75) is 13.1 Å². The highest BCUT2D eigenvalue weighted by molar-refractivity contribution is 5.96. The van der Waals surface area contributed by atoms with E-state index in [0.29, 0.717) is 5.56 Å². The lowest BCUT2D eigenvalue weighted by molar-refractivity contribution is -0.384. The van der Waals surface area contributed by atoms with Crippen molar-refractivity contribution < 1.29 is 19.2 Å². The van der Waals surface area contributed by atoms with E-state index in [1.807, 2.05) is 0 Å². The lowest BCUT2D eigenvalue weighted by atomic mass is 10.2. The lowest BCUT2D eigenvalue weighted by Gasteiger charge is -2.24. The maximum absolute atomic E-state index is 13.2. The Morgan fingerprint density at radius 2 is 1.82 bits per heavy atom. The third-order valence-corrected chi connectivity index (χ3v) is 4.90. The number of rotatable bonds is 10. The molecule has 0 saturated heterocycles. The number of non-ortho nitro benzene ring substituents is 1. The molecule has 12 nitrogen and oxygen atoms in total. The Hall–Kier alpha value is -4.45. The summed E-state index contributed by atoms with van der Waals surface area (Å²) < 4.78 is 11.6. The van der Waals surface area contributed by atoms with Gasteiger partial charge in [-0.25, -0.2) is 4.79 Å². The van der Waals surface area contributed by atoms with Gasteiger partial charge in [0.1, 0.15) is 11.6 Å². The Bertz CT molecular complexity index is 1270. The van der Waals surface area contributed by atoms with Crippen LogP contribution in [0.1, 0.15) is 5.56 Å². The minimum atomic E-state index is -0.823. The van der Waals surface area contributed by atoms with E-state index >= 15 is 0 Å². The number of benzene rings is 2. The zero-order valence-electron chi connectivity index (χ0n) is 18.3. The normalized spacial score (nSPS) is 10.6. The van der Waals surface area contributed by atoms with E-state index in [0.717, 1.165) is 9.47 Å². The number of ether oxygens (including phenoxy) is 2. The summed E-state index contributed by atoms with van der Waals surface area (Å²) in [6.07, 6.45) is 0. The van der Waals surface area contributed by atoms with Gasteiger partial charge in [0.15, 0.2) is 12.3 Å². The van der Waals surface area contributed by atoms with Crippen LogP contribution < -0.4 is 26.6 Å². The summed E-state index contributed by atoms with van der Waals surface area (Å²) in [5.41, 5.74) is 5.00. The van der Waals surface area contributed by atoms with Crippen LogP contribution in [0.25, 0.3) is 0 Å². The predicted molar refractivity (Wildman–Crippen MR) is 124 cm³/mol. The average molecular weight is 469 g/mol. The number of anilines is 2. The molecular weight excluding hydrogens is 446 g/mol. The molecule has 1 heterocycles. The van der Waals surface area contributed by atoms with Crippen molar-refractivity contribution in [3.8, 4) is 5.75 Å². The van der Waals surface area contributed by atoms with E-state index in [4.69, 9.17) is 15.2 Å². The average Bonchev–Trinajstić information content (AvgIpc) is 2.82. The zero-order valence-corrected chi connectivity index (χ0v) is 18.3. The van der Waals surface area contributed by atoms with E-state index in [9.17, 15) is 24.5 Å². The first-order valence-electron chi connectivity index (χ1n) is 10.1. The predicted octanol–water partition coefficient (Wildman–Crippen LogP) is 1.29. The number of nitrogens with two attached hydrogens (primary N) is 1. The van der Waals surface area contributed by atoms with Crippen LogP contribution in [0.5, 0.6) is 5.75 Å². The fraction of sp³-hybridized carbons (Fsp3) is 0.227. The summed E-state index contributed by atoms with van der Waals surface area (Å²) in [6, 6.07) is 14.1. The summed E-state index contributed by atoms with van der Waals surface area (Å²) in [4.78, 5) is 51.7. The van der Waals surface area contributed by atoms with Crippen molar-refractivity contribution >= 4 is 23.1 Å². The SMILES string of the molecule is COCCn1c(N)c(N(Cc2ccccc2)C(=O)COc2ccc([N+](=O)[O-])cc2)c(=O)[nH]c1=O. The molecule has 12 heteroatoms. The standard InChI is InChI=1S/C22H23N5O7/c1-33-12-11-25-20(23)19(21(29)24-22(25)30)26(13-15-5-3-2-4-6-15)18(28)14-34-17-9-7-16(8-10-17)27(31)32/h2-10H,11-14,23H2,1H3,(H,24,29,30). The molecule has 34 heavy (non-hydrogen) atoms. The van der Waals surface area contributed by atoms with Crippen LogP contribution in [-0.2, 0) is 22.6 Å². The highest BCUT2D eigenvalue weighted by atomic mass is 16.6. The third kappa shape index (κ3) is 5.66. The second-order valence-electron chi connectivity index (χ2n) is 7.14. The number of carbonyl (C=O) groups is 1. The van der Waals surface area contributed by atoms with Crippen LogP contribution in [0.3, 0.4) is 0 Å². The molecule has 1 aromatic heterocycles. The zero-order chi connectivity index (χ0) is 24.7. The number of aromatic amines is 1. The van der Waals surface area contributed by atoms with E-state index in [2.05, 4.69) is 4.98 Å². The maximum atomic E-state index is 13.2. The van der Waals surface area contributed by atoms with Crippen molar-refractivity contribution in [1.82, 2.24) is 9.55 Å². The van der Waals surface area contributed by atoms with Gasteiger partial charge in [0.2, 0.25) is 0 Å². The number of nitro groups is 1. The molecule has 0 bridgehead atoms.